The Morgan fingerprint density at radius 1 is 1.10 bits per heavy atom. The number of ether oxygens (including phenoxy) is 1. The first-order valence-corrected chi connectivity index (χ1v) is 7.46. The zero-order chi connectivity index (χ0) is 14.9. The molecule has 1 atom stereocenters. The molecule has 0 aliphatic carbocycles. The van der Waals surface area contributed by atoms with Crippen molar-refractivity contribution in [1.29, 1.82) is 0 Å². The van der Waals surface area contributed by atoms with Gasteiger partial charge in [-0.1, -0.05) is 29.8 Å². The van der Waals surface area contributed by atoms with Gasteiger partial charge in [-0.2, -0.15) is 0 Å². The number of nitrogens with two attached hydrogens (primary N) is 1. The Kier molecular flexibility index (Phi) is 4.74. The Morgan fingerprint density at radius 3 is 2.20 bits per heavy atom. The number of rotatable bonds is 3. The van der Waals surface area contributed by atoms with Crippen molar-refractivity contribution in [2.24, 2.45) is 5.73 Å². The van der Waals surface area contributed by atoms with E-state index in [2.05, 4.69) is 28.1 Å². The van der Waals surface area contributed by atoms with Gasteiger partial charge in [-0.3, -0.25) is 0 Å². The summed E-state index contributed by atoms with van der Waals surface area (Å²) in [5, 5.41) is 0.667. The predicted octanol–water partition coefficient (Wildman–Crippen LogP) is 4.78. The summed E-state index contributed by atoms with van der Waals surface area (Å²) in [5.74, 6) is 0.912. The molecule has 20 heavy (non-hydrogen) atoms. The maximum Gasteiger partial charge on any atom is 0.124 e. The highest BCUT2D eigenvalue weighted by atomic mass is 79.9. The second-order valence-corrected chi connectivity index (χ2v) is 6.10. The van der Waals surface area contributed by atoms with Crippen LogP contribution in [0, 0.1) is 13.8 Å². The highest BCUT2D eigenvalue weighted by Crippen LogP contribution is 2.31. The minimum atomic E-state index is -0.205. The molecule has 0 aliphatic heterocycles. The molecule has 0 saturated heterocycles. The number of hydrogen-bond donors (Lipinski definition) is 1. The van der Waals surface area contributed by atoms with E-state index in [0.717, 1.165) is 32.5 Å². The molecule has 106 valence electrons. The van der Waals surface area contributed by atoms with Crippen molar-refractivity contribution in [3.05, 3.63) is 62.1 Å². The van der Waals surface area contributed by atoms with E-state index < -0.39 is 0 Å². The van der Waals surface area contributed by atoms with Crippen molar-refractivity contribution in [2.45, 2.75) is 19.9 Å². The average Bonchev–Trinajstić information content (AvgIpc) is 2.40. The molecule has 4 heteroatoms. The van der Waals surface area contributed by atoms with Gasteiger partial charge < -0.3 is 10.5 Å². The number of aryl methyl sites for hydroxylation is 2. The monoisotopic (exact) mass is 353 g/mol. The van der Waals surface area contributed by atoms with Gasteiger partial charge >= 0.3 is 0 Å². The zero-order valence-corrected chi connectivity index (χ0v) is 14.0. The fourth-order valence-corrected chi connectivity index (χ4v) is 2.82. The summed E-state index contributed by atoms with van der Waals surface area (Å²) in [6.45, 7) is 4.05. The first-order chi connectivity index (χ1) is 9.43. The van der Waals surface area contributed by atoms with Gasteiger partial charge in [-0.15, -0.1) is 0 Å². The largest absolute Gasteiger partial charge is 0.496 e. The second kappa shape index (κ2) is 6.17. The topological polar surface area (TPSA) is 35.2 Å². The number of benzene rings is 2. The van der Waals surface area contributed by atoms with Crippen LogP contribution in [0.5, 0.6) is 5.75 Å². The molecule has 2 aromatic carbocycles. The van der Waals surface area contributed by atoms with Gasteiger partial charge in [0, 0.05) is 4.47 Å². The van der Waals surface area contributed by atoms with E-state index >= 15 is 0 Å². The summed E-state index contributed by atoms with van der Waals surface area (Å²) in [7, 11) is 1.68. The third-order valence-corrected chi connectivity index (χ3v) is 4.58. The summed E-state index contributed by atoms with van der Waals surface area (Å²) in [5.41, 5.74) is 10.6. The van der Waals surface area contributed by atoms with Gasteiger partial charge in [0.25, 0.3) is 0 Å². The van der Waals surface area contributed by atoms with Crippen LogP contribution in [-0.2, 0) is 0 Å². The van der Waals surface area contributed by atoms with Crippen molar-refractivity contribution in [3.8, 4) is 5.75 Å². The van der Waals surface area contributed by atoms with Crippen molar-refractivity contribution < 1.29 is 4.74 Å². The van der Waals surface area contributed by atoms with Crippen LogP contribution in [0.1, 0.15) is 28.3 Å². The van der Waals surface area contributed by atoms with Crippen LogP contribution in [0.15, 0.2) is 34.8 Å². The van der Waals surface area contributed by atoms with Crippen molar-refractivity contribution in [3.63, 3.8) is 0 Å². The molecule has 2 nitrogen and oxygen atoms in total. The number of methoxy groups -OCH3 is 1. The summed E-state index contributed by atoms with van der Waals surface area (Å²) >= 11 is 9.52. The zero-order valence-electron chi connectivity index (χ0n) is 11.7. The lowest BCUT2D eigenvalue weighted by Crippen LogP contribution is -2.12. The molecular weight excluding hydrogens is 338 g/mol. The van der Waals surface area contributed by atoms with Crippen LogP contribution in [0.2, 0.25) is 5.02 Å². The molecule has 2 rings (SSSR count). The van der Waals surface area contributed by atoms with Gasteiger partial charge in [0.1, 0.15) is 5.75 Å². The smallest absolute Gasteiger partial charge is 0.124 e. The van der Waals surface area contributed by atoms with Gasteiger partial charge in [0.15, 0.2) is 0 Å². The maximum atomic E-state index is 6.35. The second-order valence-electron chi connectivity index (χ2n) is 4.84. The average molecular weight is 355 g/mol. The van der Waals surface area contributed by atoms with Gasteiger partial charge in [0.2, 0.25) is 0 Å². The van der Waals surface area contributed by atoms with E-state index in [1.807, 2.05) is 32.0 Å². The van der Waals surface area contributed by atoms with Gasteiger partial charge in [-0.05, 0) is 64.2 Å². The van der Waals surface area contributed by atoms with Gasteiger partial charge in [-0.25, -0.2) is 0 Å². The lowest BCUT2D eigenvalue weighted by Gasteiger charge is -2.17. The molecule has 0 heterocycles. The Bertz CT molecular complexity index is 619. The number of halogens is 2. The summed E-state index contributed by atoms with van der Waals surface area (Å²) in [4.78, 5) is 0. The van der Waals surface area contributed by atoms with Crippen molar-refractivity contribution in [2.75, 3.05) is 7.11 Å². The third kappa shape index (κ3) is 3.00. The third-order valence-electron chi connectivity index (χ3n) is 3.35. The summed E-state index contributed by atoms with van der Waals surface area (Å²) in [6.07, 6.45) is 0. The van der Waals surface area contributed by atoms with Crippen molar-refractivity contribution in [1.82, 2.24) is 0 Å². The van der Waals surface area contributed by atoms with Crippen LogP contribution >= 0.6 is 27.5 Å². The van der Waals surface area contributed by atoms with E-state index in [1.165, 1.54) is 0 Å². The standard InChI is InChI=1S/C16H17BrClNO/c1-9-6-12(7-10(2)16(9)20-3)15(19)11-4-5-13(17)14(18)8-11/h4-8,15H,19H2,1-3H3. The maximum absolute atomic E-state index is 6.35. The Hall–Kier alpha value is -1.03. The van der Waals surface area contributed by atoms with E-state index in [1.54, 1.807) is 7.11 Å². The first-order valence-electron chi connectivity index (χ1n) is 6.29. The Labute approximate surface area is 133 Å². The molecule has 0 radical (unpaired) electrons. The molecule has 0 aromatic heterocycles. The summed E-state index contributed by atoms with van der Waals surface area (Å²) < 4.78 is 6.26. The molecule has 2 aromatic rings. The van der Waals surface area contributed by atoms with Gasteiger partial charge in [0.05, 0.1) is 18.2 Å². The van der Waals surface area contributed by atoms with Crippen LogP contribution < -0.4 is 10.5 Å². The fourth-order valence-electron chi connectivity index (χ4n) is 2.38. The SMILES string of the molecule is COc1c(C)cc(C(N)c2ccc(Br)c(Cl)c2)cc1C. The molecule has 1 unspecified atom stereocenters. The van der Waals surface area contributed by atoms with E-state index in [0.29, 0.717) is 5.02 Å². The van der Waals surface area contributed by atoms with Crippen LogP contribution in [0.25, 0.3) is 0 Å². The minimum Gasteiger partial charge on any atom is -0.496 e. The quantitative estimate of drug-likeness (QED) is 0.861. The molecule has 0 amide bonds. The van der Waals surface area contributed by atoms with Crippen LogP contribution in [0.3, 0.4) is 0 Å². The first kappa shape index (κ1) is 15.4. The lowest BCUT2D eigenvalue weighted by atomic mass is 9.96. The molecule has 0 saturated carbocycles. The van der Waals surface area contributed by atoms with Crippen molar-refractivity contribution >= 4 is 27.5 Å². The Morgan fingerprint density at radius 2 is 1.70 bits per heavy atom. The Balaban J connectivity index is 2.42. The van der Waals surface area contributed by atoms with E-state index in [-0.39, 0.29) is 6.04 Å². The molecule has 0 bridgehead atoms. The fraction of sp³-hybridized carbons (Fsp3) is 0.250. The van der Waals surface area contributed by atoms with Crippen LogP contribution in [-0.4, -0.2) is 7.11 Å². The highest BCUT2D eigenvalue weighted by molar-refractivity contribution is 9.10. The molecule has 0 fully saturated rings. The van der Waals surface area contributed by atoms with E-state index in [9.17, 15) is 0 Å². The normalized spacial score (nSPS) is 12.3. The van der Waals surface area contributed by atoms with Crippen LogP contribution in [0.4, 0.5) is 0 Å². The lowest BCUT2D eigenvalue weighted by molar-refractivity contribution is 0.408. The molecule has 2 N–H and O–H groups in total. The molecule has 0 spiro atoms. The minimum absolute atomic E-state index is 0.205. The number of hydrogen-bond acceptors (Lipinski definition) is 2. The summed E-state index contributed by atoms with van der Waals surface area (Å²) in [6, 6.07) is 9.71. The predicted molar refractivity (Wildman–Crippen MR) is 87.7 cm³/mol. The van der Waals surface area contributed by atoms with E-state index in [4.69, 9.17) is 22.1 Å². The molecule has 0 aliphatic rings. The molecular formula is C16H17BrClNO. The highest BCUT2D eigenvalue weighted by Gasteiger charge is 2.14.